The van der Waals surface area contributed by atoms with Gasteiger partial charge in [-0.2, -0.15) is 0 Å². The van der Waals surface area contributed by atoms with Crippen molar-refractivity contribution in [2.24, 2.45) is 0 Å². The lowest BCUT2D eigenvalue weighted by Crippen LogP contribution is -2.57. The molecule has 1 unspecified atom stereocenters. The SMILES string of the molecule is CCC1NC(=O)CN(Cc2ccc3ccccc3n2)C1=O. The summed E-state index contributed by atoms with van der Waals surface area (Å²) in [5.74, 6) is -0.144. The van der Waals surface area contributed by atoms with Gasteiger partial charge in [-0.3, -0.25) is 14.6 Å². The van der Waals surface area contributed by atoms with Crippen LogP contribution in [-0.4, -0.2) is 34.3 Å². The number of piperazine rings is 1. The van der Waals surface area contributed by atoms with Crippen LogP contribution in [0.5, 0.6) is 0 Å². The van der Waals surface area contributed by atoms with Crippen molar-refractivity contribution in [2.75, 3.05) is 6.54 Å². The monoisotopic (exact) mass is 283 g/mol. The summed E-state index contributed by atoms with van der Waals surface area (Å²) in [5.41, 5.74) is 1.70. The van der Waals surface area contributed by atoms with Gasteiger partial charge in [0.1, 0.15) is 12.6 Å². The van der Waals surface area contributed by atoms with E-state index in [-0.39, 0.29) is 18.4 Å². The molecule has 5 heteroatoms. The number of nitrogens with one attached hydrogen (secondary N) is 1. The molecule has 2 heterocycles. The van der Waals surface area contributed by atoms with E-state index in [0.29, 0.717) is 13.0 Å². The Labute approximate surface area is 123 Å². The Morgan fingerprint density at radius 2 is 2.05 bits per heavy atom. The second-order valence-corrected chi connectivity index (χ2v) is 5.22. The first kappa shape index (κ1) is 13.5. The van der Waals surface area contributed by atoms with Crippen molar-refractivity contribution in [3.63, 3.8) is 0 Å². The largest absolute Gasteiger partial charge is 0.343 e. The molecule has 0 radical (unpaired) electrons. The van der Waals surface area contributed by atoms with Crippen molar-refractivity contribution in [1.29, 1.82) is 0 Å². The molecular formula is C16H17N3O2. The minimum absolute atomic E-state index is 0.0351. The average molecular weight is 283 g/mol. The van der Waals surface area contributed by atoms with Gasteiger partial charge >= 0.3 is 0 Å². The summed E-state index contributed by atoms with van der Waals surface area (Å²) in [6.45, 7) is 2.36. The molecule has 0 aliphatic carbocycles. The molecule has 3 rings (SSSR count). The molecule has 0 spiro atoms. The van der Waals surface area contributed by atoms with E-state index in [1.807, 2.05) is 43.3 Å². The van der Waals surface area contributed by atoms with Crippen molar-refractivity contribution in [2.45, 2.75) is 25.9 Å². The van der Waals surface area contributed by atoms with Gasteiger partial charge in [0.2, 0.25) is 11.8 Å². The van der Waals surface area contributed by atoms with Crippen molar-refractivity contribution in [3.8, 4) is 0 Å². The predicted octanol–water partition coefficient (Wildman–Crippen LogP) is 1.47. The Hall–Kier alpha value is -2.43. The normalized spacial score (nSPS) is 18.9. The summed E-state index contributed by atoms with van der Waals surface area (Å²) in [7, 11) is 0. The number of hydrogen-bond donors (Lipinski definition) is 1. The van der Waals surface area contributed by atoms with Crippen LogP contribution >= 0.6 is 0 Å². The van der Waals surface area contributed by atoms with E-state index in [9.17, 15) is 9.59 Å². The molecule has 108 valence electrons. The van der Waals surface area contributed by atoms with Gasteiger partial charge < -0.3 is 10.2 Å². The van der Waals surface area contributed by atoms with E-state index in [0.717, 1.165) is 16.6 Å². The van der Waals surface area contributed by atoms with Crippen LogP contribution in [0.15, 0.2) is 36.4 Å². The molecule has 0 bridgehead atoms. The molecule has 1 N–H and O–H groups in total. The molecule has 1 aliphatic rings. The lowest BCUT2D eigenvalue weighted by atomic mass is 10.1. The van der Waals surface area contributed by atoms with Crippen LogP contribution in [0.25, 0.3) is 10.9 Å². The minimum Gasteiger partial charge on any atom is -0.343 e. The third-order valence-electron chi connectivity index (χ3n) is 3.70. The summed E-state index contributed by atoms with van der Waals surface area (Å²) in [5, 5.41) is 3.78. The molecule has 1 aromatic carbocycles. The van der Waals surface area contributed by atoms with E-state index in [2.05, 4.69) is 10.3 Å². The summed E-state index contributed by atoms with van der Waals surface area (Å²) in [4.78, 5) is 30.0. The van der Waals surface area contributed by atoms with E-state index >= 15 is 0 Å². The zero-order valence-electron chi connectivity index (χ0n) is 11.9. The quantitative estimate of drug-likeness (QED) is 0.928. The fraction of sp³-hybridized carbons (Fsp3) is 0.312. The maximum atomic E-state index is 12.3. The van der Waals surface area contributed by atoms with E-state index < -0.39 is 6.04 Å². The Kier molecular flexibility index (Phi) is 3.56. The Morgan fingerprint density at radius 3 is 2.86 bits per heavy atom. The highest BCUT2D eigenvalue weighted by Gasteiger charge is 2.31. The first-order valence-corrected chi connectivity index (χ1v) is 7.10. The highest BCUT2D eigenvalue weighted by molar-refractivity contribution is 5.94. The third kappa shape index (κ3) is 2.72. The second kappa shape index (κ2) is 5.52. The predicted molar refractivity (Wildman–Crippen MR) is 79.4 cm³/mol. The molecule has 2 aromatic rings. The summed E-state index contributed by atoms with van der Waals surface area (Å²) < 4.78 is 0. The number of carbonyl (C=O) groups excluding carboxylic acids is 2. The standard InChI is InChI=1S/C16H17N3O2/c1-2-13-16(21)19(10-15(20)18-13)9-12-8-7-11-5-3-4-6-14(11)17-12/h3-8,13H,2,9-10H2,1H3,(H,18,20). The van der Waals surface area contributed by atoms with Gasteiger partial charge in [0, 0.05) is 5.39 Å². The number of para-hydroxylation sites is 1. The van der Waals surface area contributed by atoms with Gasteiger partial charge in [-0.05, 0) is 18.6 Å². The molecule has 2 amide bonds. The van der Waals surface area contributed by atoms with Crippen LogP contribution in [0, 0.1) is 0 Å². The number of benzene rings is 1. The first-order chi connectivity index (χ1) is 10.2. The molecule has 1 aliphatic heterocycles. The number of hydrogen-bond acceptors (Lipinski definition) is 3. The van der Waals surface area contributed by atoms with Crippen molar-refractivity contribution >= 4 is 22.7 Å². The molecule has 0 saturated carbocycles. The zero-order valence-corrected chi connectivity index (χ0v) is 11.9. The molecule has 5 nitrogen and oxygen atoms in total. The first-order valence-electron chi connectivity index (χ1n) is 7.10. The topological polar surface area (TPSA) is 62.3 Å². The molecule has 1 atom stereocenters. The van der Waals surface area contributed by atoms with Crippen LogP contribution in [0.1, 0.15) is 19.0 Å². The summed E-state index contributed by atoms with van der Waals surface area (Å²) in [6, 6.07) is 11.3. The third-order valence-corrected chi connectivity index (χ3v) is 3.70. The van der Waals surface area contributed by atoms with Crippen LogP contribution in [-0.2, 0) is 16.1 Å². The Balaban J connectivity index is 1.83. The maximum Gasteiger partial charge on any atom is 0.245 e. The van der Waals surface area contributed by atoms with E-state index in [4.69, 9.17) is 0 Å². The number of fused-ring (bicyclic) bond motifs is 1. The van der Waals surface area contributed by atoms with Crippen LogP contribution in [0.4, 0.5) is 0 Å². The lowest BCUT2D eigenvalue weighted by molar-refractivity contribution is -0.145. The number of rotatable bonds is 3. The van der Waals surface area contributed by atoms with Crippen molar-refractivity contribution < 1.29 is 9.59 Å². The summed E-state index contributed by atoms with van der Waals surface area (Å²) >= 11 is 0. The van der Waals surface area contributed by atoms with Gasteiger partial charge in [0.05, 0.1) is 17.8 Å². The fourth-order valence-electron chi connectivity index (χ4n) is 2.58. The van der Waals surface area contributed by atoms with E-state index in [1.54, 1.807) is 4.90 Å². The number of aromatic nitrogens is 1. The highest BCUT2D eigenvalue weighted by Crippen LogP contribution is 2.14. The van der Waals surface area contributed by atoms with Gasteiger partial charge in [-0.15, -0.1) is 0 Å². The van der Waals surface area contributed by atoms with Crippen LogP contribution < -0.4 is 5.32 Å². The van der Waals surface area contributed by atoms with Crippen molar-refractivity contribution in [1.82, 2.24) is 15.2 Å². The van der Waals surface area contributed by atoms with Crippen molar-refractivity contribution in [3.05, 3.63) is 42.1 Å². The van der Waals surface area contributed by atoms with Gasteiger partial charge in [0.15, 0.2) is 0 Å². The van der Waals surface area contributed by atoms with Crippen LogP contribution in [0.3, 0.4) is 0 Å². The Bertz CT molecular complexity index is 699. The number of amides is 2. The highest BCUT2D eigenvalue weighted by atomic mass is 16.2. The molecular weight excluding hydrogens is 266 g/mol. The maximum absolute atomic E-state index is 12.3. The molecule has 1 aromatic heterocycles. The minimum atomic E-state index is -0.410. The number of carbonyl (C=O) groups is 2. The number of pyridine rings is 1. The number of nitrogens with zero attached hydrogens (tertiary/aromatic N) is 2. The molecule has 21 heavy (non-hydrogen) atoms. The van der Waals surface area contributed by atoms with E-state index in [1.165, 1.54) is 0 Å². The molecule has 1 saturated heterocycles. The lowest BCUT2D eigenvalue weighted by Gasteiger charge is -2.31. The van der Waals surface area contributed by atoms with Gasteiger partial charge in [-0.25, -0.2) is 0 Å². The van der Waals surface area contributed by atoms with Gasteiger partial charge in [0.25, 0.3) is 0 Å². The second-order valence-electron chi connectivity index (χ2n) is 5.22. The Morgan fingerprint density at radius 1 is 1.24 bits per heavy atom. The van der Waals surface area contributed by atoms with Crippen LogP contribution in [0.2, 0.25) is 0 Å². The smallest absolute Gasteiger partial charge is 0.245 e. The average Bonchev–Trinajstić information content (AvgIpc) is 2.50. The zero-order chi connectivity index (χ0) is 14.8. The fourth-order valence-corrected chi connectivity index (χ4v) is 2.58. The molecule has 1 fully saturated rings. The summed E-state index contributed by atoms with van der Waals surface area (Å²) in [6.07, 6.45) is 0.603. The van der Waals surface area contributed by atoms with Gasteiger partial charge in [-0.1, -0.05) is 31.2 Å².